The molecule has 0 radical (unpaired) electrons. The van der Waals surface area contributed by atoms with Crippen LogP contribution in [0.3, 0.4) is 0 Å². The third kappa shape index (κ3) is 4.01. The van der Waals surface area contributed by atoms with E-state index in [0.29, 0.717) is 5.69 Å². The van der Waals surface area contributed by atoms with Crippen LogP contribution in [0.5, 0.6) is 0 Å². The number of rotatable bonds is 5. The third-order valence-electron chi connectivity index (χ3n) is 4.24. The Morgan fingerprint density at radius 1 is 1.15 bits per heavy atom. The molecule has 1 aliphatic carbocycles. The molecule has 0 bridgehead atoms. The van der Waals surface area contributed by atoms with Gasteiger partial charge in [-0.2, -0.15) is 0 Å². The molecule has 0 saturated carbocycles. The van der Waals surface area contributed by atoms with E-state index in [1.165, 1.54) is 22.3 Å². The molecular weight excluding hydrogens is 382 g/mol. The Morgan fingerprint density at radius 2 is 1.93 bits per heavy atom. The third-order valence-corrected chi connectivity index (χ3v) is 5.74. The van der Waals surface area contributed by atoms with Crippen molar-refractivity contribution in [2.75, 3.05) is 16.3 Å². The van der Waals surface area contributed by atoms with Gasteiger partial charge >= 0.3 is 0 Å². The highest BCUT2D eigenvalue weighted by molar-refractivity contribution is 7.92. The summed E-state index contributed by atoms with van der Waals surface area (Å²) in [5.41, 5.74) is 6.22. The van der Waals surface area contributed by atoms with Crippen molar-refractivity contribution in [1.29, 1.82) is 0 Å². The number of carbonyl (C=O) groups excluding carboxylic acids is 1. The van der Waals surface area contributed by atoms with Crippen LogP contribution in [0.15, 0.2) is 47.8 Å². The van der Waals surface area contributed by atoms with Gasteiger partial charge in [0.05, 0.1) is 18.4 Å². The maximum absolute atomic E-state index is 12.3. The summed E-state index contributed by atoms with van der Waals surface area (Å²) in [5, 5.41) is 4.82. The molecule has 27 heavy (non-hydrogen) atoms. The number of hydrogen-bond acceptors (Lipinski definition) is 5. The number of aromatic nitrogens is 1. The fraction of sp³-hybridized carbons (Fsp3) is 0.158. The second-order valence-corrected chi connectivity index (χ2v) is 9.06. The van der Waals surface area contributed by atoms with Crippen LogP contribution >= 0.6 is 11.3 Å². The number of hydrogen-bond donors (Lipinski definition) is 2. The van der Waals surface area contributed by atoms with E-state index in [4.69, 9.17) is 0 Å². The van der Waals surface area contributed by atoms with E-state index in [1.54, 1.807) is 5.38 Å². The monoisotopic (exact) mass is 399 g/mol. The zero-order valence-corrected chi connectivity index (χ0v) is 16.2. The Morgan fingerprint density at radius 3 is 2.74 bits per heavy atom. The molecule has 1 aromatic heterocycles. The van der Waals surface area contributed by atoms with Gasteiger partial charge in [-0.1, -0.05) is 30.3 Å². The fourth-order valence-corrected chi connectivity index (χ4v) is 4.75. The Labute approximate surface area is 161 Å². The summed E-state index contributed by atoms with van der Waals surface area (Å²) >= 11 is 1.15. The van der Waals surface area contributed by atoms with Gasteiger partial charge < -0.3 is 5.32 Å². The topological polar surface area (TPSA) is 88.2 Å². The van der Waals surface area contributed by atoms with Crippen molar-refractivity contribution in [1.82, 2.24) is 4.98 Å². The number of nitrogens with zero attached hydrogens (tertiary/aromatic N) is 1. The maximum Gasteiger partial charge on any atom is 0.231 e. The van der Waals surface area contributed by atoms with Gasteiger partial charge in [-0.15, -0.1) is 11.3 Å². The average Bonchev–Trinajstić information content (AvgIpc) is 3.16. The molecule has 8 heteroatoms. The second-order valence-electron chi connectivity index (χ2n) is 6.45. The van der Waals surface area contributed by atoms with Crippen LogP contribution in [0.25, 0.3) is 11.1 Å². The molecule has 0 aliphatic heterocycles. The largest absolute Gasteiger partial charge is 0.326 e. The lowest BCUT2D eigenvalue weighted by atomic mass is 10.1. The smallest absolute Gasteiger partial charge is 0.231 e. The number of benzene rings is 2. The predicted molar refractivity (Wildman–Crippen MR) is 108 cm³/mol. The van der Waals surface area contributed by atoms with E-state index in [-0.39, 0.29) is 17.5 Å². The van der Waals surface area contributed by atoms with Crippen molar-refractivity contribution in [2.45, 2.75) is 12.8 Å². The van der Waals surface area contributed by atoms with Crippen LogP contribution in [0.2, 0.25) is 0 Å². The van der Waals surface area contributed by atoms with Crippen molar-refractivity contribution >= 4 is 38.1 Å². The van der Waals surface area contributed by atoms with Gasteiger partial charge in [0, 0.05) is 11.1 Å². The van der Waals surface area contributed by atoms with Crippen LogP contribution in [0, 0.1) is 0 Å². The number of fused-ring (bicyclic) bond motifs is 3. The summed E-state index contributed by atoms with van der Waals surface area (Å²) in [7, 11) is -3.37. The van der Waals surface area contributed by atoms with Crippen molar-refractivity contribution in [3.63, 3.8) is 0 Å². The molecule has 0 saturated heterocycles. The zero-order chi connectivity index (χ0) is 19.0. The number of amides is 1. The second kappa shape index (κ2) is 6.79. The molecule has 6 nitrogen and oxygen atoms in total. The molecule has 2 N–H and O–H groups in total. The minimum absolute atomic E-state index is 0.0826. The molecule has 1 heterocycles. The maximum atomic E-state index is 12.3. The van der Waals surface area contributed by atoms with E-state index >= 15 is 0 Å². The SMILES string of the molecule is CS(=O)(=O)Nc1nc(CC(=O)Nc2ccc3c(c2)Cc2ccccc2-3)cs1. The van der Waals surface area contributed by atoms with E-state index in [9.17, 15) is 13.2 Å². The summed E-state index contributed by atoms with van der Waals surface area (Å²) < 4.78 is 24.8. The van der Waals surface area contributed by atoms with Crippen molar-refractivity contribution in [3.05, 3.63) is 64.7 Å². The van der Waals surface area contributed by atoms with Gasteiger partial charge in [-0.3, -0.25) is 9.52 Å². The normalized spacial score (nSPS) is 12.3. The van der Waals surface area contributed by atoms with Crippen molar-refractivity contribution < 1.29 is 13.2 Å². The van der Waals surface area contributed by atoms with Crippen LogP contribution in [0.4, 0.5) is 10.8 Å². The van der Waals surface area contributed by atoms with Crippen LogP contribution in [-0.4, -0.2) is 25.6 Å². The first-order valence-corrected chi connectivity index (χ1v) is 11.1. The van der Waals surface area contributed by atoms with Crippen LogP contribution < -0.4 is 10.0 Å². The van der Waals surface area contributed by atoms with E-state index in [1.807, 2.05) is 30.3 Å². The lowest BCUT2D eigenvalue weighted by Crippen LogP contribution is -2.15. The van der Waals surface area contributed by atoms with Gasteiger partial charge in [0.1, 0.15) is 0 Å². The minimum atomic E-state index is -3.37. The van der Waals surface area contributed by atoms with Crippen molar-refractivity contribution in [2.24, 2.45) is 0 Å². The van der Waals surface area contributed by atoms with Gasteiger partial charge in [-0.25, -0.2) is 13.4 Å². The zero-order valence-electron chi connectivity index (χ0n) is 14.5. The van der Waals surface area contributed by atoms with E-state index in [2.05, 4.69) is 27.2 Å². The molecule has 138 valence electrons. The molecule has 3 aromatic rings. The summed E-state index contributed by atoms with van der Waals surface area (Å²) in [4.78, 5) is 16.4. The summed E-state index contributed by atoms with van der Waals surface area (Å²) in [5.74, 6) is -0.193. The average molecular weight is 399 g/mol. The summed E-state index contributed by atoms with van der Waals surface area (Å²) in [6, 6.07) is 14.2. The quantitative estimate of drug-likeness (QED) is 0.539. The molecule has 0 atom stereocenters. The van der Waals surface area contributed by atoms with Gasteiger partial charge in [0.25, 0.3) is 0 Å². The number of thiazole rings is 1. The molecule has 2 aromatic carbocycles. The molecule has 0 fully saturated rings. The molecule has 1 amide bonds. The van der Waals surface area contributed by atoms with Crippen LogP contribution in [-0.2, 0) is 27.7 Å². The highest BCUT2D eigenvalue weighted by Gasteiger charge is 2.18. The lowest BCUT2D eigenvalue weighted by molar-refractivity contribution is -0.115. The highest BCUT2D eigenvalue weighted by Crippen LogP contribution is 2.37. The molecule has 4 rings (SSSR count). The van der Waals surface area contributed by atoms with Gasteiger partial charge in [-0.05, 0) is 40.8 Å². The molecular formula is C19H17N3O3S2. The predicted octanol–water partition coefficient (Wildman–Crippen LogP) is 3.27. The first kappa shape index (κ1) is 17.7. The van der Waals surface area contributed by atoms with Gasteiger partial charge in [0.2, 0.25) is 15.9 Å². The van der Waals surface area contributed by atoms with Crippen molar-refractivity contribution in [3.8, 4) is 11.1 Å². The Hall–Kier alpha value is -2.71. The molecule has 0 unspecified atom stereocenters. The number of carbonyl (C=O) groups is 1. The first-order chi connectivity index (χ1) is 12.9. The van der Waals surface area contributed by atoms with Crippen LogP contribution in [0.1, 0.15) is 16.8 Å². The van der Waals surface area contributed by atoms with E-state index < -0.39 is 10.0 Å². The number of anilines is 2. The fourth-order valence-electron chi connectivity index (χ4n) is 3.19. The minimum Gasteiger partial charge on any atom is -0.326 e. The Kier molecular flexibility index (Phi) is 4.45. The van der Waals surface area contributed by atoms with E-state index in [0.717, 1.165) is 29.7 Å². The number of nitrogens with one attached hydrogen (secondary N) is 2. The van der Waals surface area contributed by atoms with Gasteiger partial charge in [0.15, 0.2) is 5.13 Å². The highest BCUT2D eigenvalue weighted by atomic mass is 32.2. The number of sulfonamides is 1. The Bertz CT molecular complexity index is 1140. The Balaban J connectivity index is 1.43. The molecule has 0 spiro atoms. The lowest BCUT2D eigenvalue weighted by Gasteiger charge is -2.07. The molecule has 1 aliphatic rings. The first-order valence-electron chi connectivity index (χ1n) is 8.31. The summed E-state index contributed by atoms with van der Waals surface area (Å²) in [6.45, 7) is 0. The summed E-state index contributed by atoms with van der Waals surface area (Å²) in [6.07, 6.45) is 2.01. The standard InChI is InChI=1S/C19H17N3O3S2/c1-27(24,25)22-19-21-15(11-26-19)10-18(23)20-14-6-7-17-13(9-14)8-12-4-2-3-5-16(12)17/h2-7,9,11H,8,10H2,1H3,(H,20,23)(H,21,22).